The van der Waals surface area contributed by atoms with Crippen molar-refractivity contribution in [1.82, 2.24) is 5.43 Å². The number of hydrogen-bond donors (Lipinski definition) is 1. The lowest BCUT2D eigenvalue weighted by molar-refractivity contribution is -0.256. The zero-order valence-electron chi connectivity index (χ0n) is 12.3. The minimum absolute atomic E-state index is 0.103. The van der Waals surface area contributed by atoms with Crippen molar-refractivity contribution >= 4 is 12.1 Å². The van der Waals surface area contributed by atoms with Gasteiger partial charge in [0.05, 0.1) is 25.8 Å². The van der Waals surface area contributed by atoms with Crippen LogP contribution in [-0.4, -0.2) is 37.9 Å². The third kappa shape index (κ3) is 3.55. The summed E-state index contributed by atoms with van der Waals surface area (Å²) in [5, 5.41) is 3.93. The monoisotopic (exact) mass is 306 g/mol. The molecule has 0 spiro atoms. The average Bonchev–Trinajstić information content (AvgIpc) is 2.95. The summed E-state index contributed by atoms with van der Waals surface area (Å²) in [6, 6.07) is 5.43. The van der Waals surface area contributed by atoms with Crippen LogP contribution in [-0.2, 0) is 14.3 Å². The Bertz CT molecular complexity index is 581. The standard InChI is InChI=1S/C15H18N2O5/c1-15(21-5-2-6-22-15)8-14(18)17-16-9-11-3-4-12-13(7-11)20-10-19-12/h3-4,7,9H,2,5-6,8,10H2,1H3,(H,17,18)/b16-9-. The van der Waals surface area contributed by atoms with Crippen LogP contribution in [0.5, 0.6) is 11.5 Å². The molecule has 0 atom stereocenters. The zero-order chi connectivity index (χ0) is 15.4. The number of hydrogen-bond acceptors (Lipinski definition) is 6. The maximum Gasteiger partial charge on any atom is 0.245 e. The van der Waals surface area contributed by atoms with Gasteiger partial charge in [-0.05, 0) is 37.1 Å². The molecule has 7 heteroatoms. The molecule has 1 aromatic carbocycles. The van der Waals surface area contributed by atoms with E-state index in [2.05, 4.69) is 10.5 Å². The van der Waals surface area contributed by atoms with E-state index in [4.69, 9.17) is 18.9 Å². The van der Waals surface area contributed by atoms with Crippen molar-refractivity contribution in [2.75, 3.05) is 20.0 Å². The molecule has 2 aliphatic heterocycles. The Labute approximate surface area is 128 Å². The summed E-state index contributed by atoms with van der Waals surface area (Å²) >= 11 is 0. The lowest BCUT2D eigenvalue weighted by Gasteiger charge is -2.33. The number of benzene rings is 1. The number of nitrogens with zero attached hydrogens (tertiary/aromatic N) is 1. The van der Waals surface area contributed by atoms with Crippen LogP contribution in [0.3, 0.4) is 0 Å². The number of hydrazone groups is 1. The summed E-state index contributed by atoms with van der Waals surface area (Å²) in [6.45, 7) is 3.19. The van der Waals surface area contributed by atoms with E-state index in [1.807, 2.05) is 6.07 Å². The van der Waals surface area contributed by atoms with Crippen LogP contribution in [0.4, 0.5) is 0 Å². The lowest BCUT2D eigenvalue weighted by Crippen LogP contribution is -2.41. The van der Waals surface area contributed by atoms with Crippen LogP contribution in [0.1, 0.15) is 25.3 Å². The first-order valence-corrected chi connectivity index (χ1v) is 7.14. The van der Waals surface area contributed by atoms with E-state index in [1.54, 1.807) is 25.3 Å². The summed E-state index contributed by atoms with van der Waals surface area (Å²) in [5.74, 6) is 0.255. The number of carbonyl (C=O) groups is 1. The molecule has 0 bridgehead atoms. The second-order valence-corrected chi connectivity index (χ2v) is 5.27. The summed E-state index contributed by atoms with van der Waals surface area (Å²) in [6.07, 6.45) is 2.50. The molecule has 2 aliphatic rings. The highest BCUT2D eigenvalue weighted by Gasteiger charge is 2.31. The molecule has 22 heavy (non-hydrogen) atoms. The fourth-order valence-corrected chi connectivity index (χ4v) is 2.28. The Kier molecular flexibility index (Phi) is 4.26. The third-order valence-electron chi connectivity index (χ3n) is 3.38. The van der Waals surface area contributed by atoms with Crippen LogP contribution in [0.2, 0.25) is 0 Å². The molecule has 7 nitrogen and oxygen atoms in total. The average molecular weight is 306 g/mol. The van der Waals surface area contributed by atoms with E-state index < -0.39 is 5.79 Å². The van der Waals surface area contributed by atoms with Gasteiger partial charge in [-0.25, -0.2) is 5.43 Å². The van der Waals surface area contributed by atoms with Gasteiger partial charge in [-0.1, -0.05) is 0 Å². The molecule has 1 amide bonds. The molecule has 0 unspecified atom stereocenters. The van der Waals surface area contributed by atoms with E-state index in [1.165, 1.54) is 0 Å². The highest BCUT2D eigenvalue weighted by atomic mass is 16.7. The van der Waals surface area contributed by atoms with Gasteiger partial charge in [0.1, 0.15) is 0 Å². The smallest absolute Gasteiger partial charge is 0.245 e. The molecular formula is C15H18N2O5. The minimum atomic E-state index is -0.864. The second kappa shape index (κ2) is 6.33. The Balaban J connectivity index is 1.52. The van der Waals surface area contributed by atoms with E-state index in [0.29, 0.717) is 24.7 Å². The van der Waals surface area contributed by atoms with Gasteiger partial charge in [-0.15, -0.1) is 0 Å². The third-order valence-corrected chi connectivity index (χ3v) is 3.38. The Morgan fingerprint density at radius 3 is 2.91 bits per heavy atom. The topological polar surface area (TPSA) is 78.4 Å². The maximum absolute atomic E-state index is 11.9. The molecule has 1 N–H and O–H groups in total. The summed E-state index contributed by atoms with van der Waals surface area (Å²) in [5.41, 5.74) is 3.28. The van der Waals surface area contributed by atoms with Gasteiger partial charge in [-0.3, -0.25) is 4.79 Å². The van der Waals surface area contributed by atoms with E-state index in [-0.39, 0.29) is 19.1 Å². The molecule has 2 heterocycles. The molecule has 0 radical (unpaired) electrons. The van der Waals surface area contributed by atoms with Crippen molar-refractivity contribution in [2.45, 2.75) is 25.6 Å². The van der Waals surface area contributed by atoms with Crippen LogP contribution >= 0.6 is 0 Å². The Hall–Kier alpha value is -2.12. The van der Waals surface area contributed by atoms with Crippen LogP contribution in [0.25, 0.3) is 0 Å². The molecule has 0 saturated carbocycles. The van der Waals surface area contributed by atoms with Gasteiger partial charge < -0.3 is 18.9 Å². The SMILES string of the molecule is CC1(CC(=O)N/N=C\c2ccc3c(c2)OCO3)OCCCO1. The summed E-state index contributed by atoms with van der Waals surface area (Å²) in [7, 11) is 0. The molecule has 1 aromatic rings. The fraction of sp³-hybridized carbons (Fsp3) is 0.467. The number of ether oxygens (including phenoxy) is 4. The van der Waals surface area contributed by atoms with Gasteiger partial charge in [-0.2, -0.15) is 5.10 Å². The normalized spacial score (nSPS) is 19.3. The van der Waals surface area contributed by atoms with Crippen molar-refractivity contribution in [3.8, 4) is 11.5 Å². The Morgan fingerprint density at radius 1 is 1.32 bits per heavy atom. The highest BCUT2D eigenvalue weighted by molar-refractivity contribution is 5.83. The lowest BCUT2D eigenvalue weighted by atomic mass is 10.2. The first-order chi connectivity index (χ1) is 10.6. The van der Waals surface area contributed by atoms with Crippen LogP contribution in [0.15, 0.2) is 23.3 Å². The van der Waals surface area contributed by atoms with Crippen molar-refractivity contribution in [3.05, 3.63) is 23.8 Å². The van der Waals surface area contributed by atoms with E-state index in [0.717, 1.165) is 12.0 Å². The summed E-state index contributed by atoms with van der Waals surface area (Å²) in [4.78, 5) is 11.9. The number of nitrogens with one attached hydrogen (secondary N) is 1. The number of carbonyl (C=O) groups excluding carboxylic acids is 1. The highest BCUT2D eigenvalue weighted by Crippen LogP contribution is 2.31. The zero-order valence-corrected chi connectivity index (χ0v) is 12.3. The predicted octanol–water partition coefficient (Wildman–Crippen LogP) is 1.41. The molecular weight excluding hydrogens is 288 g/mol. The van der Waals surface area contributed by atoms with Crippen molar-refractivity contribution in [3.63, 3.8) is 0 Å². The number of fused-ring (bicyclic) bond motifs is 1. The van der Waals surface area contributed by atoms with E-state index in [9.17, 15) is 4.79 Å². The first kappa shape index (κ1) is 14.8. The van der Waals surface area contributed by atoms with Gasteiger partial charge in [0.2, 0.25) is 12.7 Å². The van der Waals surface area contributed by atoms with Crippen molar-refractivity contribution < 1.29 is 23.7 Å². The molecule has 0 aliphatic carbocycles. The van der Waals surface area contributed by atoms with Crippen LogP contribution < -0.4 is 14.9 Å². The largest absolute Gasteiger partial charge is 0.454 e. The number of amides is 1. The van der Waals surface area contributed by atoms with Gasteiger partial charge in [0.15, 0.2) is 17.3 Å². The molecule has 3 rings (SSSR count). The summed E-state index contributed by atoms with van der Waals surface area (Å²) < 4.78 is 21.5. The second-order valence-electron chi connectivity index (χ2n) is 5.27. The minimum Gasteiger partial charge on any atom is -0.454 e. The van der Waals surface area contributed by atoms with Gasteiger partial charge >= 0.3 is 0 Å². The maximum atomic E-state index is 11.9. The van der Waals surface area contributed by atoms with Crippen molar-refractivity contribution in [2.24, 2.45) is 5.10 Å². The Morgan fingerprint density at radius 2 is 2.09 bits per heavy atom. The van der Waals surface area contributed by atoms with E-state index >= 15 is 0 Å². The van der Waals surface area contributed by atoms with Crippen LogP contribution in [0, 0.1) is 0 Å². The first-order valence-electron chi connectivity index (χ1n) is 7.14. The predicted molar refractivity (Wildman–Crippen MR) is 77.8 cm³/mol. The van der Waals surface area contributed by atoms with Gasteiger partial charge in [0.25, 0.3) is 0 Å². The molecule has 1 saturated heterocycles. The number of rotatable bonds is 4. The fourth-order valence-electron chi connectivity index (χ4n) is 2.28. The molecule has 118 valence electrons. The molecule has 0 aromatic heterocycles. The van der Waals surface area contributed by atoms with Crippen molar-refractivity contribution in [1.29, 1.82) is 0 Å². The molecule has 1 fully saturated rings. The van der Waals surface area contributed by atoms with Gasteiger partial charge in [0, 0.05) is 0 Å². The quantitative estimate of drug-likeness (QED) is 0.672.